The van der Waals surface area contributed by atoms with Crippen LogP contribution in [0, 0.1) is 6.92 Å². The molecule has 0 saturated carbocycles. The first kappa shape index (κ1) is 47.8. The molecule has 0 bridgehead atoms. The predicted molar refractivity (Wildman–Crippen MR) is 258 cm³/mol. The molecule has 8 rings (SSSR count). The number of esters is 2. The monoisotopic (exact) mass is 964 g/mol. The third kappa shape index (κ3) is 11.8. The van der Waals surface area contributed by atoms with Crippen molar-refractivity contribution in [1.82, 2.24) is 24.9 Å². The molecule has 0 N–H and O–H groups in total. The number of aromatic nitrogens is 5. The van der Waals surface area contributed by atoms with E-state index in [9.17, 15) is 9.59 Å². The zero-order valence-corrected chi connectivity index (χ0v) is 40.3. The van der Waals surface area contributed by atoms with E-state index in [0.29, 0.717) is 55.2 Å². The van der Waals surface area contributed by atoms with E-state index in [1.165, 1.54) is 6.26 Å². The zero-order valence-electron chi connectivity index (χ0n) is 37.2. The number of ether oxygens (including phenoxy) is 3. The second kappa shape index (κ2) is 19.7. The minimum atomic E-state index is -0.724. The summed E-state index contributed by atoms with van der Waals surface area (Å²) < 4.78 is 22.6. The summed E-state index contributed by atoms with van der Waals surface area (Å²) in [5.41, 5.74) is 4.81. The number of hydrogen-bond donors (Lipinski definition) is 0. The van der Waals surface area contributed by atoms with Crippen LogP contribution in [-0.4, -0.2) is 66.6 Å². The van der Waals surface area contributed by atoms with Gasteiger partial charge in [-0.25, -0.2) is 39.5 Å². The largest absolute Gasteiger partial charge is 0.474 e. The summed E-state index contributed by atoms with van der Waals surface area (Å²) in [5, 5.41) is 2.36. The number of halogens is 4. The molecule has 0 amide bonds. The molecule has 0 fully saturated rings. The lowest BCUT2D eigenvalue weighted by molar-refractivity contribution is 0.00502. The SMILES string of the molecule is CC1COC(c2nc(-c3ccc(Cl)cc3)c(-c3ccc(Cl)cc3)nc2C(=O)OC(C)(C)C)=N1.Cc1coc(-c2nc(-c3ccc(Cl)cc3)c(-c3ccc(Cl)cc3)nc2C(=O)OC(C)(C)C)n1. The standard InChI is InChI=1S/C25H23Cl2N3O3.C25H21Cl2N3O3/c2*1-14-13-32-23(28-14)21-22(24(31)33-25(2,3)4)30-20(16-7-11-18(27)12-8-16)19(29-21)15-5-9-17(26)10-6-15/h5-12,14H,13H2,1-4H3;5-13H,1-4H3. The zero-order chi connectivity index (χ0) is 47.5. The Hall–Kier alpha value is -6.18. The van der Waals surface area contributed by atoms with E-state index in [2.05, 4.69) is 9.98 Å². The van der Waals surface area contributed by atoms with Crippen LogP contribution in [0.4, 0.5) is 0 Å². The summed E-state index contributed by atoms with van der Waals surface area (Å²) in [6.07, 6.45) is 1.49. The normalized spacial score (nSPS) is 13.6. The molecule has 0 aliphatic carbocycles. The van der Waals surface area contributed by atoms with Gasteiger partial charge < -0.3 is 18.6 Å². The van der Waals surface area contributed by atoms with Crippen molar-refractivity contribution in [3.8, 4) is 56.6 Å². The molecule has 66 heavy (non-hydrogen) atoms. The average Bonchev–Trinajstić information content (AvgIpc) is 3.90. The molecule has 0 radical (unpaired) electrons. The van der Waals surface area contributed by atoms with Gasteiger partial charge in [0.05, 0.1) is 34.5 Å². The van der Waals surface area contributed by atoms with Crippen molar-refractivity contribution in [2.24, 2.45) is 4.99 Å². The van der Waals surface area contributed by atoms with Crippen molar-refractivity contribution in [2.75, 3.05) is 6.61 Å². The van der Waals surface area contributed by atoms with Crippen LogP contribution in [0.5, 0.6) is 0 Å². The molecule has 16 heteroatoms. The molecule has 4 heterocycles. The van der Waals surface area contributed by atoms with E-state index >= 15 is 0 Å². The summed E-state index contributed by atoms with van der Waals surface area (Å²) in [6.45, 7) is 14.9. The van der Waals surface area contributed by atoms with E-state index in [0.717, 1.165) is 22.3 Å². The summed E-state index contributed by atoms with van der Waals surface area (Å²) in [7, 11) is 0. The molecule has 7 aromatic rings. The number of aliphatic imine (C=N–C) groups is 1. The second-order valence-electron chi connectivity index (χ2n) is 17.2. The van der Waals surface area contributed by atoms with Gasteiger partial charge >= 0.3 is 11.9 Å². The number of benzene rings is 4. The molecular formula is C50H44Cl4N6O6. The van der Waals surface area contributed by atoms with Crippen LogP contribution in [-0.2, 0) is 14.2 Å². The van der Waals surface area contributed by atoms with Crippen LogP contribution in [0.2, 0.25) is 20.1 Å². The maximum atomic E-state index is 13.2. The molecule has 12 nitrogen and oxygen atoms in total. The van der Waals surface area contributed by atoms with Crippen LogP contribution >= 0.6 is 46.4 Å². The van der Waals surface area contributed by atoms with Gasteiger partial charge in [0.2, 0.25) is 11.8 Å². The topological polar surface area (TPSA) is 152 Å². The smallest absolute Gasteiger partial charge is 0.359 e. The molecule has 1 atom stereocenters. The van der Waals surface area contributed by atoms with Crippen molar-refractivity contribution >= 4 is 64.2 Å². The van der Waals surface area contributed by atoms with Crippen molar-refractivity contribution in [1.29, 1.82) is 0 Å². The number of carbonyl (C=O) groups is 2. The van der Waals surface area contributed by atoms with Crippen molar-refractivity contribution in [2.45, 2.75) is 72.6 Å². The van der Waals surface area contributed by atoms with Crippen molar-refractivity contribution in [3.05, 3.63) is 146 Å². The van der Waals surface area contributed by atoms with Crippen LogP contribution < -0.4 is 0 Å². The Bertz CT molecular complexity index is 2930. The summed E-state index contributed by atoms with van der Waals surface area (Å²) in [4.78, 5) is 54.3. The maximum Gasteiger partial charge on any atom is 0.359 e. The highest BCUT2D eigenvalue weighted by Crippen LogP contribution is 2.36. The van der Waals surface area contributed by atoms with Crippen LogP contribution in [0.15, 0.2) is 113 Å². The number of rotatable bonds is 8. The molecule has 0 spiro atoms. The minimum absolute atomic E-state index is 0.00874. The van der Waals surface area contributed by atoms with E-state index in [-0.39, 0.29) is 40.6 Å². The predicted octanol–water partition coefficient (Wildman–Crippen LogP) is 13.3. The second-order valence-corrected chi connectivity index (χ2v) is 18.9. The van der Waals surface area contributed by atoms with Gasteiger partial charge in [-0.1, -0.05) is 94.9 Å². The highest BCUT2D eigenvalue weighted by molar-refractivity contribution is 6.31. The lowest BCUT2D eigenvalue weighted by atomic mass is 10.0. The molecule has 0 saturated heterocycles. The molecule has 1 aliphatic heterocycles. The van der Waals surface area contributed by atoms with Crippen molar-refractivity contribution in [3.63, 3.8) is 0 Å². The quantitative estimate of drug-likeness (QED) is 0.134. The van der Waals surface area contributed by atoms with Gasteiger partial charge in [0.25, 0.3) is 0 Å². The van der Waals surface area contributed by atoms with Gasteiger partial charge in [-0.3, -0.25) is 0 Å². The number of aryl methyl sites for hydroxylation is 1. The van der Waals surface area contributed by atoms with E-state index < -0.39 is 23.1 Å². The van der Waals surface area contributed by atoms with Crippen LogP contribution in [0.1, 0.15) is 80.8 Å². The Kier molecular flexibility index (Phi) is 14.3. The number of nitrogens with zero attached hydrogens (tertiary/aromatic N) is 6. The molecular weight excluding hydrogens is 922 g/mol. The minimum Gasteiger partial charge on any atom is -0.474 e. The van der Waals surface area contributed by atoms with Gasteiger partial charge in [0.15, 0.2) is 22.8 Å². The highest BCUT2D eigenvalue weighted by Gasteiger charge is 2.32. The summed E-state index contributed by atoms with van der Waals surface area (Å²) in [5.74, 6) is -0.778. The Balaban J connectivity index is 0.000000196. The Labute approximate surface area is 402 Å². The summed E-state index contributed by atoms with van der Waals surface area (Å²) in [6, 6.07) is 28.7. The fourth-order valence-corrected chi connectivity index (χ4v) is 6.91. The average molecular weight is 967 g/mol. The Morgan fingerprint density at radius 1 is 0.530 bits per heavy atom. The van der Waals surface area contributed by atoms with E-state index in [1.54, 1.807) is 97.0 Å². The van der Waals surface area contributed by atoms with Crippen LogP contribution in [0.3, 0.4) is 0 Å². The molecule has 1 aliphatic rings. The summed E-state index contributed by atoms with van der Waals surface area (Å²) >= 11 is 24.4. The van der Waals surface area contributed by atoms with Gasteiger partial charge in [-0.05, 0) is 104 Å². The molecule has 4 aromatic carbocycles. The molecule has 3 aromatic heterocycles. The number of hydrogen-bond acceptors (Lipinski definition) is 12. The van der Waals surface area contributed by atoms with Gasteiger partial charge in [0, 0.05) is 42.3 Å². The Morgan fingerprint density at radius 3 is 1.20 bits per heavy atom. The fraction of sp³-hybridized carbons (Fsp3) is 0.240. The van der Waals surface area contributed by atoms with Gasteiger partial charge in [-0.15, -0.1) is 0 Å². The van der Waals surface area contributed by atoms with Crippen molar-refractivity contribution < 1.29 is 28.2 Å². The first-order valence-corrected chi connectivity index (χ1v) is 22.2. The van der Waals surface area contributed by atoms with Crippen LogP contribution in [0.25, 0.3) is 56.6 Å². The van der Waals surface area contributed by atoms with E-state index in [1.807, 2.05) is 55.5 Å². The molecule has 1 unspecified atom stereocenters. The van der Waals surface area contributed by atoms with E-state index in [4.69, 9.17) is 85.0 Å². The highest BCUT2D eigenvalue weighted by atomic mass is 35.5. The first-order valence-electron chi connectivity index (χ1n) is 20.7. The number of carbonyl (C=O) groups excluding carboxylic acids is 2. The lowest BCUT2D eigenvalue weighted by Crippen LogP contribution is -2.27. The Morgan fingerprint density at radius 2 is 0.879 bits per heavy atom. The first-order chi connectivity index (χ1) is 31.2. The lowest BCUT2D eigenvalue weighted by Gasteiger charge is -2.21. The third-order valence-corrected chi connectivity index (χ3v) is 10.3. The fourth-order valence-electron chi connectivity index (χ4n) is 6.41. The van der Waals surface area contributed by atoms with Gasteiger partial charge in [-0.2, -0.15) is 0 Å². The van der Waals surface area contributed by atoms with Gasteiger partial charge in [0.1, 0.15) is 24.1 Å². The maximum absolute atomic E-state index is 13.2. The number of oxazole rings is 1. The third-order valence-electron chi connectivity index (χ3n) is 9.27. The molecule has 338 valence electrons.